The molecule has 4 nitrogen and oxygen atoms in total. The zero-order valence-electron chi connectivity index (χ0n) is 8.02. The highest BCUT2D eigenvalue weighted by atomic mass is 19.3. The van der Waals surface area contributed by atoms with Gasteiger partial charge in [-0.25, -0.2) is 0 Å². The molecule has 6 heteroatoms. The Hall–Kier alpha value is -1.82. The smallest absolute Gasteiger partial charge is 0.387 e. The topological polar surface area (TPSA) is 63.6 Å². The van der Waals surface area contributed by atoms with E-state index in [9.17, 15) is 18.4 Å². The van der Waals surface area contributed by atoms with Crippen molar-refractivity contribution in [3.63, 3.8) is 0 Å². The van der Waals surface area contributed by atoms with Crippen LogP contribution in [-0.4, -0.2) is 24.3 Å². The minimum Gasteiger partial charge on any atom is -0.434 e. The van der Waals surface area contributed by atoms with Crippen LogP contribution in [0.4, 0.5) is 8.78 Å². The molecule has 0 aliphatic carbocycles. The predicted molar refractivity (Wildman–Crippen MR) is 49.8 cm³/mol. The van der Waals surface area contributed by atoms with Crippen molar-refractivity contribution < 1.29 is 28.2 Å². The molecule has 0 aromatic heterocycles. The maximum atomic E-state index is 12.0. The number of benzene rings is 1. The van der Waals surface area contributed by atoms with Crippen LogP contribution in [0.2, 0.25) is 0 Å². The molecule has 0 bridgehead atoms. The molecule has 0 fully saturated rings. The van der Waals surface area contributed by atoms with Gasteiger partial charge in [0, 0.05) is 16.7 Å². The van der Waals surface area contributed by atoms with Gasteiger partial charge in [0.15, 0.2) is 12.6 Å². The molecule has 86 valence electrons. The Labute approximate surface area is 89.5 Å². The summed E-state index contributed by atoms with van der Waals surface area (Å²) in [6, 6.07) is 2.13. The Kier molecular flexibility index (Phi) is 4.07. The van der Waals surface area contributed by atoms with Crippen molar-refractivity contribution in [2.45, 2.75) is 13.2 Å². The second-order valence-corrected chi connectivity index (χ2v) is 2.86. The van der Waals surface area contributed by atoms with E-state index < -0.39 is 13.2 Å². The molecule has 0 aliphatic heterocycles. The van der Waals surface area contributed by atoms with E-state index in [0.717, 1.165) is 12.1 Å². The number of aldehydes is 2. The Morgan fingerprint density at radius 1 is 1.25 bits per heavy atom. The van der Waals surface area contributed by atoms with Crippen LogP contribution < -0.4 is 4.74 Å². The molecule has 0 saturated heterocycles. The lowest BCUT2D eigenvalue weighted by Gasteiger charge is -2.10. The number of alkyl halides is 2. The number of carbonyl (C=O) groups is 2. The second-order valence-electron chi connectivity index (χ2n) is 2.86. The van der Waals surface area contributed by atoms with Gasteiger partial charge in [-0.2, -0.15) is 8.78 Å². The van der Waals surface area contributed by atoms with Crippen LogP contribution in [0.25, 0.3) is 0 Å². The van der Waals surface area contributed by atoms with Crippen LogP contribution in [-0.2, 0) is 6.61 Å². The van der Waals surface area contributed by atoms with Crippen molar-refractivity contribution in [1.29, 1.82) is 0 Å². The molecule has 16 heavy (non-hydrogen) atoms. The maximum Gasteiger partial charge on any atom is 0.387 e. The lowest BCUT2D eigenvalue weighted by atomic mass is 10.0. The highest BCUT2D eigenvalue weighted by Gasteiger charge is 2.13. The maximum absolute atomic E-state index is 12.0. The molecule has 0 heterocycles. The molecule has 0 atom stereocenters. The average molecular weight is 230 g/mol. The number of aliphatic hydroxyl groups excluding tert-OH is 1. The van der Waals surface area contributed by atoms with Gasteiger partial charge in [0.05, 0.1) is 6.61 Å². The van der Waals surface area contributed by atoms with Crippen molar-refractivity contribution >= 4 is 12.6 Å². The van der Waals surface area contributed by atoms with Gasteiger partial charge in [-0.3, -0.25) is 9.59 Å². The van der Waals surface area contributed by atoms with E-state index in [1.165, 1.54) is 0 Å². The van der Waals surface area contributed by atoms with Crippen LogP contribution in [0.1, 0.15) is 26.3 Å². The monoisotopic (exact) mass is 230 g/mol. The molecular formula is C10H8F2O4. The first-order valence-electron chi connectivity index (χ1n) is 4.25. The summed E-state index contributed by atoms with van der Waals surface area (Å²) < 4.78 is 28.1. The minimum atomic E-state index is -3.06. The molecule has 1 aromatic rings. The molecule has 0 unspecified atom stereocenters. The third-order valence-electron chi connectivity index (χ3n) is 1.91. The molecule has 0 saturated carbocycles. The second kappa shape index (κ2) is 5.32. The fourth-order valence-electron chi connectivity index (χ4n) is 1.19. The molecule has 0 spiro atoms. The first-order chi connectivity index (χ1) is 7.62. The van der Waals surface area contributed by atoms with Crippen molar-refractivity contribution in [3.05, 3.63) is 28.8 Å². The zero-order valence-corrected chi connectivity index (χ0v) is 8.02. The van der Waals surface area contributed by atoms with Gasteiger partial charge in [-0.15, -0.1) is 0 Å². The molecule has 1 N–H and O–H groups in total. The van der Waals surface area contributed by atoms with Crippen molar-refractivity contribution in [3.8, 4) is 5.75 Å². The summed E-state index contributed by atoms with van der Waals surface area (Å²) in [5, 5.41) is 8.89. The van der Waals surface area contributed by atoms with Gasteiger partial charge in [-0.05, 0) is 12.1 Å². The third-order valence-corrected chi connectivity index (χ3v) is 1.91. The molecule has 0 amide bonds. The predicted octanol–water partition coefficient (Wildman–Crippen LogP) is 1.41. The van der Waals surface area contributed by atoms with E-state index in [4.69, 9.17) is 5.11 Å². The molecular weight excluding hydrogens is 222 g/mol. The summed E-state index contributed by atoms with van der Waals surface area (Å²) in [5.41, 5.74) is -0.0310. The van der Waals surface area contributed by atoms with E-state index in [2.05, 4.69) is 4.74 Å². The number of ether oxygens (including phenoxy) is 1. The van der Waals surface area contributed by atoms with Gasteiger partial charge in [-0.1, -0.05) is 0 Å². The number of carbonyl (C=O) groups excluding carboxylic acids is 2. The SMILES string of the molecule is O=Cc1cc(CO)c(OC(F)F)cc1C=O. The van der Waals surface area contributed by atoms with Gasteiger partial charge < -0.3 is 9.84 Å². The van der Waals surface area contributed by atoms with Crippen LogP contribution in [0, 0.1) is 0 Å². The number of hydrogen-bond acceptors (Lipinski definition) is 4. The fourth-order valence-corrected chi connectivity index (χ4v) is 1.19. The first-order valence-corrected chi connectivity index (χ1v) is 4.25. The number of halogens is 2. The summed E-state index contributed by atoms with van der Waals surface area (Å²) in [4.78, 5) is 21.1. The minimum absolute atomic E-state index is 0.0145. The highest BCUT2D eigenvalue weighted by molar-refractivity contribution is 5.91. The first kappa shape index (κ1) is 12.3. The largest absolute Gasteiger partial charge is 0.434 e. The van der Waals surface area contributed by atoms with E-state index in [1.807, 2.05) is 0 Å². The van der Waals surface area contributed by atoms with Gasteiger partial charge in [0.1, 0.15) is 5.75 Å². The molecule has 1 rings (SSSR count). The van der Waals surface area contributed by atoms with Crippen LogP contribution >= 0.6 is 0 Å². The summed E-state index contributed by atoms with van der Waals surface area (Å²) in [6.45, 7) is -3.63. The number of rotatable bonds is 5. The summed E-state index contributed by atoms with van der Waals surface area (Å²) in [5.74, 6) is -0.315. The van der Waals surface area contributed by atoms with E-state index in [-0.39, 0.29) is 22.4 Å². The Morgan fingerprint density at radius 2 is 1.81 bits per heavy atom. The van der Waals surface area contributed by atoms with Gasteiger partial charge in [0.2, 0.25) is 0 Å². The highest BCUT2D eigenvalue weighted by Crippen LogP contribution is 2.24. The Balaban J connectivity index is 3.25. The van der Waals surface area contributed by atoms with Crippen LogP contribution in [0.15, 0.2) is 12.1 Å². The number of aliphatic hydroxyl groups is 1. The van der Waals surface area contributed by atoms with Crippen LogP contribution in [0.5, 0.6) is 5.75 Å². The normalized spacial score (nSPS) is 10.2. The summed E-state index contributed by atoms with van der Waals surface area (Å²) >= 11 is 0. The number of hydrogen-bond donors (Lipinski definition) is 1. The molecule has 1 aromatic carbocycles. The van der Waals surface area contributed by atoms with Gasteiger partial charge >= 0.3 is 6.61 Å². The lowest BCUT2D eigenvalue weighted by molar-refractivity contribution is -0.0509. The zero-order chi connectivity index (χ0) is 12.1. The van der Waals surface area contributed by atoms with Crippen LogP contribution in [0.3, 0.4) is 0 Å². The lowest BCUT2D eigenvalue weighted by Crippen LogP contribution is -2.06. The van der Waals surface area contributed by atoms with Gasteiger partial charge in [0.25, 0.3) is 0 Å². The molecule has 0 radical (unpaired) electrons. The van der Waals surface area contributed by atoms with E-state index in [0.29, 0.717) is 12.6 Å². The summed E-state index contributed by atoms with van der Waals surface area (Å²) in [7, 11) is 0. The summed E-state index contributed by atoms with van der Waals surface area (Å²) in [6.07, 6.45) is 0.748. The van der Waals surface area contributed by atoms with E-state index >= 15 is 0 Å². The standard InChI is InChI=1S/C10H8F2O4/c11-10(12)16-9-2-7(4-14)6(3-13)1-8(9)5-15/h1-4,10,15H,5H2. The van der Waals surface area contributed by atoms with Crippen molar-refractivity contribution in [2.75, 3.05) is 0 Å². The third kappa shape index (κ3) is 2.60. The fraction of sp³-hybridized carbons (Fsp3) is 0.200. The van der Waals surface area contributed by atoms with E-state index in [1.54, 1.807) is 0 Å². The quantitative estimate of drug-likeness (QED) is 0.776. The Morgan fingerprint density at radius 3 is 2.25 bits per heavy atom. The molecule has 0 aliphatic rings. The van der Waals surface area contributed by atoms with Crippen molar-refractivity contribution in [1.82, 2.24) is 0 Å². The average Bonchev–Trinajstić information content (AvgIpc) is 2.27. The Bertz CT molecular complexity index is 404. The van der Waals surface area contributed by atoms with Crippen molar-refractivity contribution in [2.24, 2.45) is 0 Å².